The van der Waals surface area contributed by atoms with Gasteiger partial charge in [-0.2, -0.15) is 0 Å². The zero-order valence-corrected chi connectivity index (χ0v) is 10.5. The molecular formula is C12H18N2OS. The van der Waals surface area contributed by atoms with Crippen molar-refractivity contribution in [2.24, 2.45) is 11.7 Å². The lowest BCUT2D eigenvalue weighted by molar-refractivity contribution is 0.250. The van der Waals surface area contributed by atoms with Crippen molar-refractivity contribution < 1.29 is 5.11 Å². The van der Waals surface area contributed by atoms with Crippen molar-refractivity contribution in [3.63, 3.8) is 0 Å². The van der Waals surface area contributed by atoms with Crippen molar-refractivity contribution >= 4 is 17.6 Å². The molecule has 0 saturated heterocycles. The Balaban J connectivity index is 2.88. The number of hydrogen-bond acceptors (Lipinski definition) is 3. The first-order valence-electron chi connectivity index (χ1n) is 5.24. The first kappa shape index (κ1) is 13.1. The standard InChI is InChI=1S/C12H18N2OS/c1-8(6-15)7-16-11-9(2)4-3-5-10(11)12(13)14/h3-5,8,15H,6-7H2,1-2H3,(H3,13,14). The van der Waals surface area contributed by atoms with Crippen molar-refractivity contribution in [1.82, 2.24) is 0 Å². The highest BCUT2D eigenvalue weighted by atomic mass is 32.2. The van der Waals surface area contributed by atoms with E-state index in [0.717, 1.165) is 21.8 Å². The fraction of sp³-hybridized carbons (Fsp3) is 0.417. The third kappa shape index (κ3) is 3.25. The van der Waals surface area contributed by atoms with Crippen LogP contribution in [-0.2, 0) is 0 Å². The Labute approximate surface area is 101 Å². The average Bonchev–Trinajstić information content (AvgIpc) is 2.26. The second-order valence-corrected chi connectivity index (χ2v) is 4.99. The van der Waals surface area contributed by atoms with E-state index in [9.17, 15) is 0 Å². The average molecular weight is 238 g/mol. The summed E-state index contributed by atoms with van der Waals surface area (Å²) in [4.78, 5) is 1.05. The molecule has 1 rings (SSSR count). The molecule has 1 aromatic rings. The van der Waals surface area contributed by atoms with E-state index >= 15 is 0 Å². The maximum Gasteiger partial charge on any atom is 0.123 e. The number of benzene rings is 1. The van der Waals surface area contributed by atoms with Gasteiger partial charge in [-0.3, -0.25) is 5.41 Å². The van der Waals surface area contributed by atoms with Gasteiger partial charge in [0.15, 0.2) is 0 Å². The number of rotatable bonds is 5. The Morgan fingerprint density at radius 2 is 2.25 bits per heavy atom. The highest BCUT2D eigenvalue weighted by Crippen LogP contribution is 2.27. The first-order valence-corrected chi connectivity index (χ1v) is 6.22. The molecule has 1 unspecified atom stereocenters. The lowest BCUT2D eigenvalue weighted by Crippen LogP contribution is -2.13. The number of amidine groups is 1. The Bertz CT molecular complexity index is 379. The van der Waals surface area contributed by atoms with E-state index in [-0.39, 0.29) is 18.4 Å². The first-order chi connectivity index (χ1) is 7.56. The Kier molecular flexibility index (Phi) is 4.83. The van der Waals surface area contributed by atoms with E-state index in [1.807, 2.05) is 32.0 Å². The minimum Gasteiger partial charge on any atom is -0.396 e. The highest BCUT2D eigenvalue weighted by molar-refractivity contribution is 7.99. The Morgan fingerprint density at radius 3 is 2.81 bits per heavy atom. The lowest BCUT2D eigenvalue weighted by Gasteiger charge is -2.13. The van der Waals surface area contributed by atoms with Crippen molar-refractivity contribution in [1.29, 1.82) is 5.41 Å². The van der Waals surface area contributed by atoms with Crippen molar-refractivity contribution in [2.45, 2.75) is 18.7 Å². The van der Waals surface area contributed by atoms with Crippen LogP contribution in [0, 0.1) is 18.3 Å². The maximum absolute atomic E-state index is 8.98. The summed E-state index contributed by atoms with van der Waals surface area (Å²) in [5.74, 6) is 1.19. The van der Waals surface area contributed by atoms with Crippen LogP contribution in [0.25, 0.3) is 0 Å². The number of aliphatic hydroxyl groups is 1. The smallest absolute Gasteiger partial charge is 0.123 e. The second-order valence-electron chi connectivity index (χ2n) is 3.96. The third-order valence-corrected chi connectivity index (χ3v) is 3.89. The van der Waals surface area contributed by atoms with E-state index < -0.39 is 0 Å². The van der Waals surface area contributed by atoms with Crippen LogP contribution in [0.5, 0.6) is 0 Å². The molecule has 0 radical (unpaired) electrons. The molecule has 0 saturated carbocycles. The van der Waals surface area contributed by atoms with E-state index in [1.54, 1.807) is 11.8 Å². The van der Waals surface area contributed by atoms with Crippen LogP contribution in [0.2, 0.25) is 0 Å². The van der Waals surface area contributed by atoms with E-state index in [4.69, 9.17) is 16.2 Å². The van der Waals surface area contributed by atoms with Gasteiger partial charge in [0.1, 0.15) is 5.84 Å². The summed E-state index contributed by atoms with van der Waals surface area (Å²) in [6.45, 7) is 4.20. The van der Waals surface area contributed by atoms with E-state index in [0.29, 0.717) is 0 Å². The van der Waals surface area contributed by atoms with Gasteiger partial charge in [0.05, 0.1) is 0 Å². The van der Waals surface area contributed by atoms with Gasteiger partial charge in [-0.25, -0.2) is 0 Å². The summed E-state index contributed by atoms with van der Waals surface area (Å²) in [5, 5.41) is 16.5. The van der Waals surface area contributed by atoms with Gasteiger partial charge in [-0.15, -0.1) is 11.8 Å². The predicted octanol–water partition coefficient (Wildman–Crippen LogP) is 2.00. The predicted molar refractivity (Wildman–Crippen MR) is 69.2 cm³/mol. The molecule has 0 aliphatic rings. The normalized spacial score (nSPS) is 12.4. The molecule has 0 aliphatic carbocycles. The van der Waals surface area contributed by atoms with Crippen molar-refractivity contribution in [2.75, 3.05) is 12.4 Å². The summed E-state index contributed by atoms with van der Waals surface area (Å²) in [5.41, 5.74) is 7.46. The number of nitrogen functional groups attached to an aromatic ring is 1. The summed E-state index contributed by atoms with van der Waals surface area (Å²) in [6, 6.07) is 5.78. The molecule has 1 aromatic carbocycles. The van der Waals surface area contributed by atoms with Crippen LogP contribution in [-0.4, -0.2) is 23.3 Å². The quantitative estimate of drug-likeness (QED) is 0.417. The molecule has 0 heterocycles. The molecule has 0 fully saturated rings. The zero-order chi connectivity index (χ0) is 12.1. The second kappa shape index (κ2) is 5.92. The summed E-state index contributed by atoms with van der Waals surface area (Å²) in [6.07, 6.45) is 0. The fourth-order valence-electron chi connectivity index (χ4n) is 1.33. The number of nitrogens with two attached hydrogens (primary N) is 1. The molecule has 0 spiro atoms. The Hall–Kier alpha value is -1.00. The number of aryl methyl sites for hydroxylation is 1. The number of hydrogen-bond donors (Lipinski definition) is 3. The van der Waals surface area contributed by atoms with Gasteiger partial charge >= 0.3 is 0 Å². The van der Waals surface area contributed by atoms with Crippen LogP contribution < -0.4 is 5.73 Å². The molecule has 1 atom stereocenters. The molecule has 0 aliphatic heterocycles. The highest BCUT2D eigenvalue weighted by Gasteiger charge is 2.10. The number of thioether (sulfide) groups is 1. The minimum atomic E-state index is 0.0999. The third-order valence-electron chi connectivity index (χ3n) is 2.33. The van der Waals surface area contributed by atoms with Gasteiger partial charge < -0.3 is 10.8 Å². The van der Waals surface area contributed by atoms with Gasteiger partial charge in [0, 0.05) is 22.8 Å². The summed E-state index contributed by atoms with van der Waals surface area (Å²) < 4.78 is 0. The summed E-state index contributed by atoms with van der Waals surface area (Å²) >= 11 is 1.65. The molecule has 4 N–H and O–H groups in total. The minimum absolute atomic E-state index is 0.0999. The zero-order valence-electron chi connectivity index (χ0n) is 9.66. The van der Waals surface area contributed by atoms with Crippen LogP contribution in [0.3, 0.4) is 0 Å². The monoisotopic (exact) mass is 238 g/mol. The summed E-state index contributed by atoms with van der Waals surface area (Å²) in [7, 11) is 0. The van der Waals surface area contributed by atoms with E-state index in [1.165, 1.54) is 0 Å². The Morgan fingerprint density at radius 1 is 1.56 bits per heavy atom. The van der Waals surface area contributed by atoms with Crippen LogP contribution in [0.15, 0.2) is 23.1 Å². The van der Waals surface area contributed by atoms with E-state index in [2.05, 4.69) is 0 Å². The maximum atomic E-state index is 8.98. The van der Waals surface area contributed by atoms with Crippen LogP contribution >= 0.6 is 11.8 Å². The van der Waals surface area contributed by atoms with Gasteiger partial charge in [-0.1, -0.05) is 25.1 Å². The molecule has 3 nitrogen and oxygen atoms in total. The van der Waals surface area contributed by atoms with Crippen molar-refractivity contribution in [3.8, 4) is 0 Å². The largest absolute Gasteiger partial charge is 0.396 e. The number of nitrogens with one attached hydrogen (secondary N) is 1. The molecule has 0 bridgehead atoms. The van der Waals surface area contributed by atoms with Crippen LogP contribution in [0.4, 0.5) is 0 Å². The molecule has 16 heavy (non-hydrogen) atoms. The molecule has 0 amide bonds. The molecular weight excluding hydrogens is 220 g/mol. The van der Waals surface area contributed by atoms with Crippen LogP contribution in [0.1, 0.15) is 18.1 Å². The van der Waals surface area contributed by atoms with Gasteiger partial charge in [0.2, 0.25) is 0 Å². The number of aliphatic hydroxyl groups excluding tert-OH is 1. The fourth-order valence-corrected chi connectivity index (χ4v) is 2.52. The topological polar surface area (TPSA) is 70.1 Å². The lowest BCUT2D eigenvalue weighted by atomic mass is 10.1. The molecule has 0 aromatic heterocycles. The van der Waals surface area contributed by atoms with Crippen molar-refractivity contribution in [3.05, 3.63) is 29.3 Å². The van der Waals surface area contributed by atoms with Gasteiger partial charge in [0.25, 0.3) is 0 Å². The van der Waals surface area contributed by atoms with Gasteiger partial charge in [-0.05, 0) is 18.4 Å². The SMILES string of the molecule is Cc1cccc(C(=N)N)c1SCC(C)CO. The molecule has 88 valence electrons. The molecule has 4 heteroatoms.